The van der Waals surface area contributed by atoms with Crippen molar-refractivity contribution in [2.24, 2.45) is 5.10 Å². The van der Waals surface area contributed by atoms with Crippen LogP contribution in [0.2, 0.25) is 0 Å². The van der Waals surface area contributed by atoms with E-state index in [9.17, 15) is 9.59 Å². The monoisotopic (exact) mass is 480 g/mol. The first kappa shape index (κ1) is 24.0. The standard InChI is InChI=1S/C22H28N10O3/c1-14(33)25-16-10-8-15(9-11-16)12-24-27-22(34)19-18(13-31(2)17-6-4-3-5-7-17)32(30-26-19)21-20(23)28-35-29-21/h8-12,17H,3-7,13H2,1-2H3,(H2,23,28)(H,25,33)(H,27,34)/b24-12+. The largest absolute Gasteiger partial charge is 0.378 e. The summed E-state index contributed by atoms with van der Waals surface area (Å²) in [6.45, 7) is 1.84. The number of nitrogens with two attached hydrogens (primary N) is 1. The van der Waals surface area contributed by atoms with Crippen LogP contribution < -0.4 is 16.5 Å². The van der Waals surface area contributed by atoms with Gasteiger partial charge in [-0.05, 0) is 47.9 Å². The van der Waals surface area contributed by atoms with E-state index in [1.807, 2.05) is 7.05 Å². The van der Waals surface area contributed by atoms with E-state index in [0.29, 0.717) is 24.0 Å². The lowest BCUT2D eigenvalue weighted by Gasteiger charge is -2.31. The molecule has 2 heterocycles. The Morgan fingerprint density at radius 3 is 2.63 bits per heavy atom. The minimum absolute atomic E-state index is 0.0455. The van der Waals surface area contributed by atoms with Gasteiger partial charge in [0.2, 0.25) is 17.5 Å². The van der Waals surface area contributed by atoms with Gasteiger partial charge in [0.15, 0.2) is 5.69 Å². The molecule has 13 nitrogen and oxygen atoms in total. The van der Waals surface area contributed by atoms with Gasteiger partial charge in [0.05, 0.1) is 11.9 Å². The highest BCUT2D eigenvalue weighted by Crippen LogP contribution is 2.24. The summed E-state index contributed by atoms with van der Waals surface area (Å²) in [4.78, 5) is 26.3. The van der Waals surface area contributed by atoms with Crippen molar-refractivity contribution < 1.29 is 14.2 Å². The molecule has 0 bridgehead atoms. The summed E-state index contributed by atoms with van der Waals surface area (Å²) in [6, 6.07) is 7.41. The third kappa shape index (κ3) is 5.87. The molecule has 1 aliphatic carbocycles. The molecule has 1 aromatic carbocycles. The Bertz CT molecular complexity index is 1190. The van der Waals surface area contributed by atoms with Gasteiger partial charge >= 0.3 is 0 Å². The Labute approximate surface area is 201 Å². The van der Waals surface area contributed by atoms with Gasteiger partial charge in [-0.3, -0.25) is 14.5 Å². The maximum Gasteiger partial charge on any atom is 0.293 e. The number of nitrogens with zero attached hydrogens (tertiary/aromatic N) is 7. The van der Waals surface area contributed by atoms with E-state index in [1.54, 1.807) is 24.3 Å². The summed E-state index contributed by atoms with van der Waals surface area (Å²) in [7, 11) is 2.02. The summed E-state index contributed by atoms with van der Waals surface area (Å²) in [5.41, 5.74) is 10.4. The Kier molecular flexibility index (Phi) is 7.45. The second-order valence-corrected chi connectivity index (χ2v) is 8.48. The van der Waals surface area contributed by atoms with Crippen molar-refractivity contribution in [3.05, 3.63) is 41.2 Å². The van der Waals surface area contributed by atoms with Crippen molar-refractivity contribution in [2.75, 3.05) is 18.1 Å². The molecule has 1 saturated carbocycles. The number of hydrazone groups is 1. The van der Waals surface area contributed by atoms with Gasteiger partial charge in [-0.2, -0.15) is 9.78 Å². The average Bonchev–Trinajstić information content (AvgIpc) is 3.46. The fraction of sp³-hybridized carbons (Fsp3) is 0.409. The summed E-state index contributed by atoms with van der Waals surface area (Å²) < 4.78 is 6.09. The predicted octanol–water partition coefficient (Wildman–Crippen LogP) is 1.72. The van der Waals surface area contributed by atoms with Crippen LogP contribution in [0.25, 0.3) is 5.82 Å². The third-order valence-corrected chi connectivity index (χ3v) is 5.88. The van der Waals surface area contributed by atoms with Gasteiger partial charge in [-0.1, -0.05) is 36.6 Å². The van der Waals surface area contributed by atoms with Crippen molar-refractivity contribution in [1.29, 1.82) is 0 Å². The number of carbonyl (C=O) groups is 2. The highest BCUT2D eigenvalue weighted by atomic mass is 16.6. The van der Waals surface area contributed by atoms with E-state index >= 15 is 0 Å². The number of anilines is 2. The van der Waals surface area contributed by atoms with Crippen molar-refractivity contribution in [3.8, 4) is 5.82 Å². The van der Waals surface area contributed by atoms with Gasteiger partial charge in [0.1, 0.15) is 0 Å². The highest BCUT2D eigenvalue weighted by molar-refractivity contribution is 5.94. The van der Waals surface area contributed by atoms with Crippen molar-refractivity contribution in [1.82, 2.24) is 35.6 Å². The van der Waals surface area contributed by atoms with Crippen molar-refractivity contribution in [3.63, 3.8) is 0 Å². The van der Waals surface area contributed by atoms with Crippen LogP contribution in [-0.2, 0) is 11.3 Å². The zero-order valence-corrected chi connectivity index (χ0v) is 19.6. The van der Waals surface area contributed by atoms with Crippen LogP contribution in [0.5, 0.6) is 0 Å². The molecule has 3 aromatic rings. The van der Waals surface area contributed by atoms with E-state index in [1.165, 1.54) is 37.1 Å². The van der Waals surface area contributed by atoms with E-state index < -0.39 is 5.91 Å². The van der Waals surface area contributed by atoms with E-state index in [4.69, 9.17) is 10.4 Å². The van der Waals surface area contributed by atoms with Crippen LogP contribution in [0.4, 0.5) is 11.5 Å². The average molecular weight is 481 g/mol. The molecule has 0 aliphatic heterocycles. The fourth-order valence-corrected chi connectivity index (χ4v) is 4.09. The molecule has 13 heteroatoms. The Morgan fingerprint density at radius 1 is 1.23 bits per heavy atom. The predicted molar refractivity (Wildman–Crippen MR) is 128 cm³/mol. The lowest BCUT2D eigenvalue weighted by Crippen LogP contribution is -2.34. The van der Waals surface area contributed by atoms with E-state index in [0.717, 1.165) is 18.4 Å². The zero-order chi connectivity index (χ0) is 24.8. The first-order valence-corrected chi connectivity index (χ1v) is 11.4. The maximum absolute atomic E-state index is 13.0. The van der Waals surface area contributed by atoms with Crippen LogP contribution in [0.3, 0.4) is 0 Å². The van der Waals surface area contributed by atoms with E-state index in [-0.39, 0.29) is 23.2 Å². The van der Waals surface area contributed by atoms with Crippen LogP contribution >= 0.6 is 0 Å². The molecule has 1 aliphatic rings. The number of carbonyl (C=O) groups excluding carboxylic acids is 2. The van der Waals surface area contributed by atoms with Crippen molar-refractivity contribution in [2.45, 2.75) is 51.6 Å². The van der Waals surface area contributed by atoms with Crippen LogP contribution in [0.15, 0.2) is 34.0 Å². The molecule has 0 radical (unpaired) electrons. The van der Waals surface area contributed by atoms with Gasteiger partial charge in [0, 0.05) is 25.2 Å². The molecule has 2 aromatic heterocycles. The smallest absolute Gasteiger partial charge is 0.293 e. The molecule has 35 heavy (non-hydrogen) atoms. The fourth-order valence-electron chi connectivity index (χ4n) is 4.09. The number of nitrogen functional groups attached to an aromatic ring is 1. The molecule has 1 fully saturated rings. The van der Waals surface area contributed by atoms with Gasteiger partial charge < -0.3 is 11.1 Å². The lowest BCUT2D eigenvalue weighted by molar-refractivity contribution is -0.114. The Hall–Kier alpha value is -4.13. The van der Waals surface area contributed by atoms with Crippen LogP contribution in [0, 0.1) is 0 Å². The second-order valence-electron chi connectivity index (χ2n) is 8.48. The SMILES string of the molecule is CC(=O)Nc1ccc(/C=N/NC(=O)c2nnn(-c3nonc3N)c2CN(C)C2CCCCC2)cc1. The van der Waals surface area contributed by atoms with Gasteiger partial charge in [-0.15, -0.1) is 5.10 Å². The highest BCUT2D eigenvalue weighted by Gasteiger charge is 2.27. The molecular weight excluding hydrogens is 452 g/mol. The molecule has 184 valence electrons. The number of rotatable bonds is 8. The molecular formula is C22H28N10O3. The normalized spacial score (nSPS) is 14.5. The van der Waals surface area contributed by atoms with E-state index in [2.05, 4.69) is 41.4 Å². The maximum atomic E-state index is 13.0. The molecule has 4 rings (SSSR count). The number of amides is 2. The van der Waals surface area contributed by atoms with Gasteiger partial charge in [-0.25, -0.2) is 10.1 Å². The van der Waals surface area contributed by atoms with Crippen LogP contribution in [-0.4, -0.2) is 61.3 Å². The summed E-state index contributed by atoms with van der Waals surface area (Å²) in [5.74, 6) is -0.459. The van der Waals surface area contributed by atoms with Crippen LogP contribution in [0.1, 0.15) is 60.8 Å². The second kappa shape index (κ2) is 10.9. The molecule has 0 spiro atoms. The molecule has 0 atom stereocenters. The van der Waals surface area contributed by atoms with Gasteiger partial charge in [0.25, 0.3) is 5.91 Å². The number of aromatic nitrogens is 5. The number of hydrogen-bond acceptors (Lipinski definition) is 10. The Balaban J connectivity index is 1.51. The molecule has 2 amide bonds. The quantitative estimate of drug-likeness (QED) is 0.321. The lowest BCUT2D eigenvalue weighted by atomic mass is 9.94. The number of hydrogen-bond donors (Lipinski definition) is 3. The molecule has 4 N–H and O–H groups in total. The molecule has 0 unspecified atom stereocenters. The zero-order valence-electron chi connectivity index (χ0n) is 19.6. The topological polar surface area (TPSA) is 169 Å². The third-order valence-electron chi connectivity index (χ3n) is 5.88. The first-order valence-electron chi connectivity index (χ1n) is 11.4. The van der Waals surface area contributed by atoms with Crippen molar-refractivity contribution >= 4 is 29.5 Å². The molecule has 0 saturated heterocycles. The minimum Gasteiger partial charge on any atom is -0.378 e. The number of nitrogens with one attached hydrogen (secondary N) is 2. The first-order chi connectivity index (χ1) is 16.9. The minimum atomic E-state index is -0.524. The number of benzene rings is 1. The Morgan fingerprint density at radius 2 is 1.97 bits per heavy atom. The summed E-state index contributed by atoms with van der Waals surface area (Å²) >= 11 is 0. The summed E-state index contributed by atoms with van der Waals surface area (Å²) in [5, 5.41) is 22.3. The summed E-state index contributed by atoms with van der Waals surface area (Å²) in [6.07, 6.45) is 7.29.